The minimum absolute atomic E-state index is 0.315. The van der Waals surface area contributed by atoms with E-state index in [9.17, 15) is 4.79 Å². The van der Waals surface area contributed by atoms with Crippen molar-refractivity contribution in [1.29, 1.82) is 0 Å². The number of fused-ring (bicyclic) bond motifs is 2. The average molecular weight is 270 g/mol. The fourth-order valence-electron chi connectivity index (χ4n) is 4.02. The minimum Gasteiger partial charge on any atom is -0.478 e. The van der Waals surface area contributed by atoms with Crippen LogP contribution in [0.25, 0.3) is 11.0 Å². The standard InChI is InChI=1S/C16H18N2O2/c1-18-13-7-6-9(16(19)20)8-12(13)17-15(18)14-10-4-2-3-5-11(10)14/h6-8,10-11,14H,2-5H2,1H3,(H,19,20). The van der Waals surface area contributed by atoms with E-state index in [1.54, 1.807) is 12.1 Å². The van der Waals surface area contributed by atoms with Crippen LogP contribution in [0.15, 0.2) is 18.2 Å². The number of carboxylic acid groups (broad SMARTS) is 1. The van der Waals surface area contributed by atoms with Gasteiger partial charge in [0, 0.05) is 13.0 Å². The predicted molar refractivity (Wildman–Crippen MR) is 75.9 cm³/mol. The number of hydrogen-bond acceptors (Lipinski definition) is 2. The second kappa shape index (κ2) is 4.08. The van der Waals surface area contributed by atoms with Crippen LogP contribution in [-0.2, 0) is 7.05 Å². The maximum atomic E-state index is 11.1. The molecule has 0 radical (unpaired) electrons. The van der Waals surface area contributed by atoms with Crippen LogP contribution in [0.3, 0.4) is 0 Å². The number of aromatic nitrogens is 2. The van der Waals surface area contributed by atoms with Crippen molar-refractivity contribution in [2.24, 2.45) is 18.9 Å². The first-order valence-corrected chi connectivity index (χ1v) is 7.36. The van der Waals surface area contributed by atoms with E-state index >= 15 is 0 Å². The molecule has 0 bridgehead atoms. The van der Waals surface area contributed by atoms with Gasteiger partial charge in [-0.3, -0.25) is 0 Å². The third kappa shape index (κ3) is 1.60. The molecule has 2 fully saturated rings. The van der Waals surface area contributed by atoms with Gasteiger partial charge < -0.3 is 9.67 Å². The second-order valence-electron chi connectivity index (χ2n) is 6.18. The Morgan fingerprint density at radius 3 is 2.65 bits per heavy atom. The average Bonchev–Trinajstić information content (AvgIpc) is 3.09. The van der Waals surface area contributed by atoms with Crippen LogP contribution in [0.4, 0.5) is 0 Å². The highest BCUT2D eigenvalue weighted by Gasteiger charge is 2.53. The molecule has 0 amide bonds. The molecule has 0 aliphatic heterocycles. The quantitative estimate of drug-likeness (QED) is 0.911. The summed E-state index contributed by atoms with van der Waals surface area (Å²) < 4.78 is 2.16. The smallest absolute Gasteiger partial charge is 0.335 e. The van der Waals surface area contributed by atoms with Crippen molar-refractivity contribution < 1.29 is 9.90 Å². The highest BCUT2D eigenvalue weighted by molar-refractivity contribution is 5.92. The first-order chi connectivity index (χ1) is 9.66. The van der Waals surface area contributed by atoms with Gasteiger partial charge in [0.25, 0.3) is 0 Å². The molecule has 2 aliphatic rings. The zero-order chi connectivity index (χ0) is 13.9. The van der Waals surface area contributed by atoms with Crippen LogP contribution >= 0.6 is 0 Å². The van der Waals surface area contributed by atoms with Gasteiger partial charge in [0.15, 0.2) is 0 Å². The summed E-state index contributed by atoms with van der Waals surface area (Å²) >= 11 is 0. The van der Waals surface area contributed by atoms with Crippen molar-refractivity contribution in [3.8, 4) is 0 Å². The minimum atomic E-state index is -0.890. The molecule has 1 aromatic heterocycles. The van der Waals surface area contributed by atoms with Gasteiger partial charge in [0.2, 0.25) is 0 Å². The molecule has 2 aliphatic carbocycles. The zero-order valence-corrected chi connectivity index (χ0v) is 11.5. The number of aryl methyl sites for hydroxylation is 1. The van der Waals surface area contributed by atoms with Crippen molar-refractivity contribution in [3.05, 3.63) is 29.6 Å². The van der Waals surface area contributed by atoms with Crippen LogP contribution in [0.5, 0.6) is 0 Å². The lowest BCUT2D eigenvalue weighted by Crippen LogP contribution is -1.97. The fraction of sp³-hybridized carbons (Fsp3) is 0.500. The molecule has 0 saturated heterocycles. The number of aromatic carboxylic acids is 1. The van der Waals surface area contributed by atoms with E-state index in [2.05, 4.69) is 11.6 Å². The Balaban J connectivity index is 1.77. The summed E-state index contributed by atoms with van der Waals surface area (Å²) in [5.74, 6) is 2.50. The van der Waals surface area contributed by atoms with Crippen molar-refractivity contribution in [2.75, 3.05) is 0 Å². The number of imidazole rings is 1. The number of carbonyl (C=O) groups is 1. The van der Waals surface area contributed by atoms with E-state index in [1.807, 2.05) is 6.07 Å². The van der Waals surface area contributed by atoms with Crippen LogP contribution in [0, 0.1) is 11.8 Å². The van der Waals surface area contributed by atoms with E-state index in [-0.39, 0.29) is 0 Å². The van der Waals surface area contributed by atoms with Gasteiger partial charge in [-0.15, -0.1) is 0 Å². The Bertz CT molecular complexity index is 692. The summed E-state index contributed by atoms with van der Waals surface area (Å²) in [4.78, 5) is 15.8. The molecule has 2 saturated carbocycles. The number of hydrogen-bond donors (Lipinski definition) is 1. The number of nitrogens with zero attached hydrogens (tertiary/aromatic N) is 2. The summed E-state index contributed by atoms with van der Waals surface area (Å²) in [5.41, 5.74) is 2.16. The number of rotatable bonds is 2. The van der Waals surface area contributed by atoms with Gasteiger partial charge in [-0.1, -0.05) is 12.8 Å². The SMILES string of the molecule is Cn1c(C2C3CCCCC32)nc2cc(C(=O)O)ccc21. The maximum Gasteiger partial charge on any atom is 0.335 e. The van der Waals surface area contributed by atoms with Gasteiger partial charge in [0.1, 0.15) is 5.82 Å². The van der Waals surface area contributed by atoms with Gasteiger partial charge in [-0.05, 0) is 42.9 Å². The highest BCUT2D eigenvalue weighted by Crippen LogP contribution is 2.60. The molecule has 1 N–H and O–H groups in total. The van der Waals surface area contributed by atoms with Crippen molar-refractivity contribution in [1.82, 2.24) is 9.55 Å². The summed E-state index contributed by atoms with van der Waals surface area (Å²) in [5, 5.41) is 9.08. The Labute approximate surface area is 117 Å². The summed E-state index contributed by atoms with van der Waals surface area (Å²) in [7, 11) is 2.05. The van der Waals surface area contributed by atoms with Crippen molar-refractivity contribution >= 4 is 17.0 Å². The monoisotopic (exact) mass is 270 g/mol. The molecule has 1 heterocycles. The Morgan fingerprint density at radius 2 is 2.00 bits per heavy atom. The molecule has 104 valence electrons. The molecule has 0 spiro atoms. The van der Waals surface area contributed by atoms with Crippen LogP contribution in [-0.4, -0.2) is 20.6 Å². The van der Waals surface area contributed by atoms with Crippen molar-refractivity contribution in [3.63, 3.8) is 0 Å². The van der Waals surface area contributed by atoms with E-state index in [0.29, 0.717) is 11.5 Å². The highest BCUT2D eigenvalue weighted by atomic mass is 16.4. The topological polar surface area (TPSA) is 55.1 Å². The molecule has 2 unspecified atom stereocenters. The third-order valence-corrected chi connectivity index (χ3v) is 5.12. The maximum absolute atomic E-state index is 11.1. The van der Waals surface area contributed by atoms with Gasteiger partial charge in [-0.2, -0.15) is 0 Å². The molecular weight excluding hydrogens is 252 g/mol. The first kappa shape index (κ1) is 11.9. The Morgan fingerprint density at radius 1 is 1.30 bits per heavy atom. The lowest BCUT2D eigenvalue weighted by Gasteiger charge is -2.04. The molecule has 4 nitrogen and oxygen atoms in total. The summed E-state index contributed by atoms with van der Waals surface area (Å²) in [6.07, 6.45) is 5.37. The first-order valence-electron chi connectivity index (χ1n) is 7.36. The number of benzene rings is 1. The molecule has 20 heavy (non-hydrogen) atoms. The normalized spacial score (nSPS) is 28.4. The van der Waals surface area contributed by atoms with E-state index in [0.717, 1.165) is 28.7 Å². The predicted octanol–water partition coefficient (Wildman–Crippen LogP) is 3.18. The van der Waals surface area contributed by atoms with E-state index in [4.69, 9.17) is 10.1 Å². The Kier molecular flexibility index (Phi) is 2.43. The molecule has 4 heteroatoms. The Hall–Kier alpha value is -1.84. The fourth-order valence-corrected chi connectivity index (χ4v) is 4.02. The third-order valence-electron chi connectivity index (χ3n) is 5.12. The molecule has 2 aromatic rings. The summed E-state index contributed by atoms with van der Waals surface area (Å²) in [6.45, 7) is 0. The van der Waals surface area contributed by atoms with Crippen LogP contribution < -0.4 is 0 Å². The van der Waals surface area contributed by atoms with E-state index < -0.39 is 5.97 Å². The van der Waals surface area contributed by atoms with Crippen molar-refractivity contribution in [2.45, 2.75) is 31.6 Å². The molecule has 2 atom stereocenters. The molecule has 4 rings (SSSR count). The van der Waals surface area contributed by atoms with E-state index in [1.165, 1.54) is 25.7 Å². The lowest BCUT2D eigenvalue weighted by molar-refractivity contribution is 0.0697. The van der Waals surface area contributed by atoms with Gasteiger partial charge in [-0.25, -0.2) is 9.78 Å². The molecule has 1 aromatic carbocycles. The summed E-state index contributed by atoms with van der Waals surface area (Å²) in [6, 6.07) is 5.23. The lowest BCUT2D eigenvalue weighted by atomic mass is 10.0. The molecular formula is C16H18N2O2. The van der Waals surface area contributed by atoms with Gasteiger partial charge >= 0.3 is 5.97 Å². The van der Waals surface area contributed by atoms with Crippen LogP contribution in [0.1, 0.15) is 47.8 Å². The van der Waals surface area contributed by atoms with Crippen LogP contribution in [0.2, 0.25) is 0 Å². The second-order valence-corrected chi connectivity index (χ2v) is 6.18. The zero-order valence-electron chi connectivity index (χ0n) is 11.5. The number of carboxylic acids is 1. The van der Waals surface area contributed by atoms with Gasteiger partial charge in [0.05, 0.1) is 16.6 Å². The largest absolute Gasteiger partial charge is 0.478 e.